The van der Waals surface area contributed by atoms with E-state index in [0.29, 0.717) is 5.69 Å². The summed E-state index contributed by atoms with van der Waals surface area (Å²) >= 11 is 0. The quantitative estimate of drug-likeness (QED) is 0.744. The van der Waals surface area contributed by atoms with Crippen LogP contribution in [0.1, 0.15) is 5.56 Å². The molecule has 0 atom stereocenters. The normalized spacial score (nSPS) is 11.9. The Morgan fingerprint density at radius 2 is 1.80 bits per heavy atom. The first-order valence-electron chi connectivity index (χ1n) is 5.70. The lowest BCUT2D eigenvalue weighted by Crippen LogP contribution is -2.16. The highest BCUT2D eigenvalue weighted by Crippen LogP contribution is 2.34. The monoisotopic (exact) mass is 279 g/mol. The molecule has 0 aliphatic rings. The van der Waals surface area contributed by atoms with E-state index in [1.165, 1.54) is 36.7 Å². The summed E-state index contributed by atoms with van der Waals surface area (Å²) in [7, 11) is 0. The van der Waals surface area contributed by atoms with Crippen LogP contribution in [-0.2, 0) is 6.18 Å². The van der Waals surface area contributed by atoms with E-state index < -0.39 is 17.4 Å². The van der Waals surface area contributed by atoms with Crippen molar-refractivity contribution in [3.63, 3.8) is 0 Å². The van der Waals surface area contributed by atoms with Gasteiger partial charge in [-0.3, -0.25) is 9.55 Å². The first-order valence-corrected chi connectivity index (χ1v) is 5.70. The molecule has 0 aliphatic heterocycles. The topological polar surface area (TPSA) is 50.7 Å². The molecule has 0 aliphatic carbocycles. The Balaban J connectivity index is 2.44. The van der Waals surface area contributed by atoms with Crippen LogP contribution in [0.5, 0.6) is 0 Å². The maximum Gasteiger partial charge on any atom is 0.418 e. The molecule has 0 fully saturated rings. The number of H-pyrrole nitrogens is 1. The summed E-state index contributed by atoms with van der Waals surface area (Å²) in [4.78, 5) is 18.2. The number of alkyl halides is 3. The predicted molar refractivity (Wildman–Crippen MR) is 66.7 cm³/mol. The largest absolute Gasteiger partial charge is 0.418 e. The van der Waals surface area contributed by atoms with Gasteiger partial charge in [0, 0.05) is 12.4 Å². The minimum Gasteiger partial charge on any atom is -0.305 e. The second-order valence-electron chi connectivity index (χ2n) is 4.17. The van der Waals surface area contributed by atoms with Crippen LogP contribution in [0.4, 0.5) is 13.2 Å². The van der Waals surface area contributed by atoms with Crippen molar-refractivity contribution in [2.24, 2.45) is 0 Å². The summed E-state index contributed by atoms with van der Waals surface area (Å²) in [6.45, 7) is 0. The highest BCUT2D eigenvalue weighted by molar-refractivity contribution is 5.81. The third-order valence-corrected chi connectivity index (χ3v) is 2.93. The van der Waals surface area contributed by atoms with Gasteiger partial charge >= 0.3 is 11.9 Å². The van der Waals surface area contributed by atoms with Crippen molar-refractivity contribution in [1.29, 1.82) is 0 Å². The average molecular weight is 279 g/mol. The van der Waals surface area contributed by atoms with Crippen molar-refractivity contribution in [1.82, 2.24) is 14.5 Å². The number of aromatic nitrogens is 3. The van der Waals surface area contributed by atoms with Crippen LogP contribution >= 0.6 is 0 Å². The SMILES string of the molecule is O=c1[nH]c2cccc(C(F)(F)F)c2n1-c1ccncc1. The summed E-state index contributed by atoms with van der Waals surface area (Å²) in [5.41, 5.74) is -1.20. The lowest BCUT2D eigenvalue weighted by Gasteiger charge is -2.10. The molecular formula is C13H8F3N3O. The van der Waals surface area contributed by atoms with Gasteiger partial charge in [0.2, 0.25) is 0 Å². The minimum atomic E-state index is -4.54. The maximum absolute atomic E-state index is 13.1. The molecule has 2 aromatic heterocycles. The Hall–Kier alpha value is -2.57. The van der Waals surface area contributed by atoms with Gasteiger partial charge in [-0.2, -0.15) is 13.2 Å². The number of hydrogen-bond acceptors (Lipinski definition) is 2. The molecule has 3 aromatic rings. The fourth-order valence-corrected chi connectivity index (χ4v) is 2.13. The summed E-state index contributed by atoms with van der Waals surface area (Å²) in [5.74, 6) is 0. The van der Waals surface area contributed by atoms with Gasteiger partial charge < -0.3 is 4.98 Å². The number of nitrogens with one attached hydrogen (secondary N) is 1. The second-order valence-corrected chi connectivity index (χ2v) is 4.17. The van der Waals surface area contributed by atoms with Crippen molar-refractivity contribution in [2.75, 3.05) is 0 Å². The van der Waals surface area contributed by atoms with Crippen molar-refractivity contribution in [2.45, 2.75) is 6.18 Å². The first kappa shape index (κ1) is 12.5. The summed E-state index contributed by atoms with van der Waals surface area (Å²) < 4.78 is 40.2. The zero-order valence-corrected chi connectivity index (χ0v) is 9.98. The van der Waals surface area contributed by atoms with Gasteiger partial charge in [-0.05, 0) is 24.3 Å². The molecule has 0 spiro atoms. The molecule has 0 bridgehead atoms. The van der Waals surface area contributed by atoms with E-state index in [1.807, 2.05) is 0 Å². The molecule has 7 heteroatoms. The Morgan fingerprint density at radius 1 is 1.10 bits per heavy atom. The maximum atomic E-state index is 13.1. The smallest absolute Gasteiger partial charge is 0.305 e. The number of nitrogens with zero attached hydrogens (tertiary/aromatic N) is 2. The van der Waals surface area contributed by atoms with Crippen molar-refractivity contribution in [3.8, 4) is 5.69 Å². The van der Waals surface area contributed by atoms with Crippen molar-refractivity contribution < 1.29 is 13.2 Å². The van der Waals surface area contributed by atoms with E-state index in [2.05, 4.69) is 9.97 Å². The zero-order valence-electron chi connectivity index (χ0n) is 9.98. The van der Waals surface area contributed by atoms with E-state index in [1.54, 1.807) is 0 Å². The lowest BCUT2D eigenvalue weighted by atomic mass is 10.1. The standard InChI is InChI=1S/C13H8F3N3O/c14-13(15,16)9-2-1-3-10-11(9)19(12(20)18-10)8-4-6-17-7-5-8/h1-7H,(H,18,20). The molecule has 0 saturated heterocycles. The van der Waals surface area contributed by atoms with E-state index >= 15 is 0 Å². The van der Waals surface area contributed by atoms with E-state index in [-0.39, 0.29) is 11.0 Å². The van der Waals surface area contributed by atoms with Crippen LogP contribution in [0.15, 0.2) is 47.5 Å². The molecule has 4 nitrogen and oxygen atoms in total. The number of rotatable bonds is 1. The number of halogens is 3. The van der Waals surface area contributed by atoms with Gasteiger partial charge in [-0.25, -0.2) is 4.79 Å². The first-order chi connectivity index (χ1) is 9.48. The van der Waals surface area contributed by atoms with Crippen LogP contribution in [0, 0.1) is 0 Å². The predicted octanol–water partition coefficient (Wildman–Crippen LogP) is 2.73. The molecule has 0 amide bonds. The zero-order chi connectivity index (χ0) is 14.3. The molecule has 1 N–H and O–H groups in total. The van der Waals surface area contributed by atoms with Crippen LogP contribution < -0.4 is 5.69 Å². The molecule has 0 unspecified atom stereocenters. The highest BCUT2D eigenvalue weighted by atomic mass is 19.4. The number of fused-ring (bicyclic) bond motifs is 1. The molecule has 2 heterocycles. The minimum absolute atomic E-state index is 0.140. The van der Waals surface area contributed by atoms with Crippen LogP contribution in [0.3, 0.4) is 0 Å². The van der Waals surface area contributed by atoms with E-state index in [9.17, 15) is 18.0 Å². The highest BCUT2D eigenvalue weighted by Gasteiger charge is 2.34. The molecule has 0 saturated carbocycles. The number of pyridine rings is 1. The fourth-order valence-electron chi connectivity index (χ4n) is 2.13. The van der Waals surface area contributed by atoms with Crippen molar-refractivity contribution >= 4 is 11.0 Å². The third-order valence-electron chi connectivity index (χ3n) is 2.93. The average Bonchev–Trinajstić information content (AvgIpc) is 2.74. The molecule has 3 rings (SSSR count). The molecule has 20 heavy (non-hydrogen) atoms. The fraction of sp³-hybridized carbons (Fsp3) is 0.0769. The van der Waals surface area contributed by atoms with Gasteiger partial charge in [-0.15, -0.1) is 0 Å². The number of aromatic amines is 1. The van der Waals surface area contributed by atoms with E-state index in [0.717, 1.165) is 10.6 Å². The number of imidazole rings is 1. The van der Waals surface area contributed by atoms with Crippen LogP contribution in [0.2, 0.25) is 0 Å². The second kappa shape index (κ2) is 4.22. The summed E-state index contributed by atoms with van der Waals surface area (Å²) in [6.07, 6.45) is -1.71. The third kappa shape index (κ3) is 1.87. The molecule has 1 aromatic carbocycles. The van der Waals surface area contributed by atoms with Gasteiger partial charge in [0.05, 0.1) is 22.3 Å². The van der Waals surface area contributed by atoms with Crippen LogP contribution in [-0.4, -0.2) is 14.5 Å². The Bertz CT molecular complexity index is 818. The van der Waals surface area contributed by atoms with E-state index in [4.69, 9.17) is 0 Å². The van der Waals surface area contributed by atoms with Gasteiger partial charge in [0.15, 0.2) is 0 Å². The number of para-hydroxylation sites is 1. The summed E-state index contributed by atoms with van der Waals surface area (Å²) in [6, 6.07) is 6.60. The lowest BCUT2D eigenvalue weighted by molar-refractivity contribution is -0.136. The Morgan fingerprint density at radius 3 is 2.45 bits per heavy atom. The van der Waals surface area contributed by atoms with Crippen LogP contribution in [0.25, 0.3) is 16.7 Å². The Labute approximate surface area is 110 Å². The molecular weight excluding hydrogens is 271 g/mol. The van der Waals surface area contributed by atoms with Gasteiger partial charge in [0.25, 0.3) is 0 Å². The van der Waals surface area contributed by atoms with Gasteiger partial charge in [0.1, 0.15) is 0 Å². The molecule has 0 radical (unpaired) electrons. The van der Waals surface area contributed by atoms with Gasteiger partial charge in [-0.1, -0.05) is 6.07 Å². The van der Waals surface area contributed by atoms with Crippen molar-refractivity contribution in [3.05, 3.63) is 58.8 Å². The Kier molecular flexibility index (Phi) is 2.63. The molecule has 102 valence electrons. The number of benzene rings is 1. The number of hydrogen-bond donors (Lipinski definition) is 1. The summed E-state index contributed by atoms with van der Waals surface area (Å²) in [5, 5.41) is 0.